The Kier molecular flexibility index (Phi) is 2.37. The SMILES string of the molecule is COc1cc2c(cc1I)CC(C)(C)O2. The van der Waals surface area contributed by atoms with Crippen molar-refractivity contribution in [2.75, 3.05) is 7.11 Å². The maximum absolute atomic E-state index is 5.81. The van der Waals surface area contributed by atoms with E-state index in [2.05, 4.69) is 42.5 Å². The number of rotatable bonds is 1. The number of hydrogen-bond donors (Lipinski definition) is 0. The summed E-state index contributed by atoms with van der Waals surface area (Å²) in [6.45, 7) is 4.21. The maximum atomic E-state index is 5.81. The van der Waals surface area contributed by atoms with Crippen LogP contribution in [0.4, 0.5) is 0 Å². The monoisotopic (exact) mass is 304 g/mol. The second-order valence-electron chi connectivity index (χ2n) is 4.13. The fraction of sp³-hybridized carbons (Fsp3) is 0.455. The highest BCUT2D eigenvalue weighted by Crippen LogP contribution is 2.39. The van der Waals surface area contributed by atoms with Crippen LogP contribution >= 0.6 is 22.6 Å². The number of fused-ring (bicyclic) bond motifs is 1. The lowest BCUT2D eigenvalue weighted by molar-refractivity contribution is 0.138. The Balaban J connectivity index is 2.44. The molecule has 0 N–H and O–H groups in total. The standard InChI is InChI=1S/C11H13IO2/c1-11(2)6-7-4-8(12)10(13-3)5-9(7)14-11/h4-5H,6H2,1-3H3. The number of ether oxygens (including phenoxy) is 2. The second-order valence-corrected chi connectivity index (χ2v) is 5.30. The Labute approximate surface area is 97.7 Å². The van der Waals surface area contributed by atoms with Gasteiger partial charge in [-0.05, 0) is 48.1 Å². The Hall–Kier alpha value is -0.450. The highest BCUT2D eigenvalue weighted by atomic mass is 127. The average molecular weight is 304 g/mol. The molecule has 0 amide bonds. The minimum Gasteiger partial charge on any atom is -0.496 e. The molecule has 0 fully saturated rings. The van der Waals surface area contributed by atoms with Crippen molar-refractivity contribution >= 4 is 22.6 Å². The van der Waals surface area contributed by atoms with Crippen LogP contribution in [0, 0.1) is 3.57 Å². The Morgan fingerprint density at radius 2 is 2.14 bits per heavy atom. The number of methoxy groups -OCH3 is 1. The van der Waals surface area contributed by atoms with Crippen LogP contribution in [-0.2, 0) is 6.42 Å². The van der Waals surface area contributed by atoms with E-state index in [-0.39, 0.29) is 5.60 Å². The summed E-state index contributed by atoms with van der Waals surface area (Å²) in [5.41, 5.74) is 1.21. The molecule has 76 valence electrons. The Morgan fingerprint density at radius 1 is 1.43 bits per heavy atom. The van der Waals surface area contributed by atoms with Crippen LogP contribution in [0.5, 0.6) is 11.5 Å². The van der Waals surface area contributed by atoms with Gasteiger partial charge < -0.3 is 9.47 Å². The van der Waals surface area contributed by atoms with Gasteiger partial charge in [0, 0.05) is 12.5 Å². The molecule has 0 unspecified atom stereocenters. The molecule has 0 saturated carbocycles. The zero-order valence-corrected chi connectivity index (χ0v) is 10.7. The van der Waals surface area contributed by atoms with Crippen LogP contribution in [0.15, 0.2) is 12.1 Å². The van der Waals surface area contributed by atoms with Crippen molar-refractivity contribution in [3.05, 3.63) is 21.3 Å². The predicted octanol–water partition coefficient (Wildman–Crippen LogP) is 3.01. The molecular weight excluding hydrogens is 291 g/mol. The van der Waals surface area contributed by atoms with Gasteiger partial charge in [-0.25, -0.2) is 0 Å². The molecule has 0 saturated heterocycles. The third kappa shape index (κ3) is 1.69. The van der Waals surface area contributed by atoms with Gasteiger partial charge in [-0.15, -0.1) is 0 Å². The molecule has 1 aromatic rings. The first-order valence-corrected chi connectivity index (χ1v) is 5.65. The van der Waals surface area contributed by atoms with E-state index in [1.807, 2.05) is 6.07 Å². The van der Waals surface area contributed by atoms with Crippen molar-refractivity contribution in [2.24, 2.45) is 0 Å². The summed E-state index contributed by atoms with van der Waals surface area (Å²) in [6.07, 6.45) is 0.975. The van der Waals surface area contributed by atoms with Crippen LogP contribution < -0.4 is 9.47 Å². The molecule has 1 aliphatic rings. The van der Waals surface area contributed by atoms with E-state index in [1.165, 1.54) is 5.56 Å². The lowest BCUT2D eigenvalue weighted by atomic mass is 10.0. The summed E-state index contributed by atoms with van der Waals surface area (Å²) >= 11 is 2.29. The fourth-order valence-electron chi connectivity index (χ4n) is 1.76. The molecule has 0 atom stereocenters. The maximum Gasteiger partial charge on any atom is 0.135 e. The van der Waals surface area contributed by atoms with E-state index in [1.54, 1.807) is 7.11 Å². The van der Waals surface area contributed by atoms with Crippen LogP contribution in [0.25, 0.3) is 0 Å². The van der Waals surface area contributed by atoms with Gasteiger partial charge in [0.05, 0.1) is 10.7 Å². The lowest BCUT2D eigenvalue weighted by Gasteiger charge is -2.16. The molecule has 0 aromatic heterocycles. The summed E-state index contributed by atoms with van der Waals surface area (Å²) in [6, 6.07) is 4.12. The number of benzene rings is 1. The summed E-state index contributed by atoms with van der Waals surface area (Å²) in [4.78, 5) is 0. The number of halogens is 1. The van der Waals surface area contributed by atoms with Gasteiger partial charge in [-0.1, -0.05) is 0 Å². The third-order valence-electron chi connectivity index (χ3n) is 2.34. The van der Waals surface area contributed by atoms with Gasteiger partial charge in [0.15, 0.2) is 0 Å². The average Bonchev–Trinajstić information content (AvgIpc) is 2.36. The zero-order chi connectivity index (χ0) is 10.3. The summed E-state index contributed by atoms with van der Waals surface area (Å²) < 4.78 is 12.2. The van der Waals surface area contributed by atoms with E-state index in [4.69, 9.17) is 9.47 Å². The van der Waals surface area contributed by atoms with Crippen molar-refractivity contribution in [3.8, 4) is 11.5 Å². The first-order valence-electron chi connectivity index (χ1n) is 4.57. The molecule has 1 aromatic carbocycles. The summed E-state index contributed by atoms with van der Waals surface area (Å²) in [5, 5.41) is 0. The van der Waals surface area contributed by atoms with Crippen molar-refractivity contribution in [1.82, 2.24) is 0 Å². The molecule has 2 nitrogen and oxygen atoms in total. The molecule has 0 spiro atoms. The zero-order valence-electron chi connectivity index (χ0n) is 8.56. The van der Waals surface area contributed by atoms with Gasteiger partial charge in [0.1, 0.15) is 17.1 Å². The topological polar surface area (TPSA) is 18.5 Å². The second kappa shape index (κ2) is 3.29. The van der Waals surface area contributed by atoms with Crippen LogP contribution in [-0.4, -0.2) is 12.7 Å². The van der Waals surface area contributed by atoms with E-state index in [0.29, 0.717) is 0 Å². The smallest absolute Gasteiger partial charge is 0.135 e. The molecule has 2 rings (SSSR count). The minimum absolute atomic E-state index is 0.0716. The van der Waals surface area contributed by atoms with E-state index in [0.717, 1.165) is 21.5 Å². The summed E-state index contributed by atoms with van der Waals surface area (Å²) in [5.74, 6) is 1.86. The van der Waals surface area contributed by atoms with Gasteiger partial charge in [-0.3, -0.25) is 0 Å². The van der Waals surface area contributed by atoms with Crippen molar-refractivity contribution in [2.45, 2.75) is 25.9 Å². The highest BCUT2D eigenvalue weighted by molar-refractivity contribution is 14.1. The van der Waals surface area contributed by atoms with Crippen LogP contribution in [0.2, 0.25) is 0 Å². The van der Waals surface area contributed by atoms with Crippen LogP contribution in [0.3, 0.4) is 0 Å². The van der Waals surface area contributed by atoms with Crippen molar-refractivity contribution < 1.29 is 9.47 Å². The first kappa shape index (κ1) is 10.1. The van der Waals surface area contributed by atoms with Gasteiger partial charge in [-0.2, -0.15) is 0 Å². The van der Waals surface area contributed by atoms with Gasteiger partial charge in [0.25, 0.3) is 0 Å². The predicted molar refractivity (Wildman–Crippen MR) is 64.1 cm³/mol. The Bertz CT molecular complexity index is 372. The van der Waals surface area contributed by atoms with Gasteiger partial charge in [0.2, 0.25) is 0 Å². The summed E-state index contributed by atoms with van der Waals surface area (Å²) in [7, 11) is 1.68. The first-order chi connectivity index (χ1) is 6.52. The molecule has 1 heterocycles. The molecular formula is C11H13IO2. The quantitative estimate of drug-likeness (QED) is 0.743. The van der Waals surface area contributed by atoms with Gasteiger partial charge >= 0.3 is 0 Å². The minimum atomic E-state index is -0.0716. The molecule has 0 aliphatic carbocycles. The third-order valence-corrected chi connectivity index (χ3v) is 3.18. The fourth-order valence-corrected chi connectivity index (χ4v) is 2.51. The van der Waals surface area contributed by atoms with E-state index in [9.17, 15) is 0 Å². The molecule has 0 bridgehead atoms. The number of hydrogen-bond acceptors (Lipinski definition) is 2. The molecule has 0 radical (unpaired) electrons. The molecule has 1 aliphatic heterocycles. The highest BCUT2D eigenvalue weighted by Gasteiger charge is 2.30. The van der Waals surface area contributed by atoms with Crippen molar-refractivity contribution in [1.29, 1.82) is 0 Å². The molecule has 14 heavy (non-hydrogen) atoms. The Morgan fingerprint density at radius 3 is 2.79 bits per heavy atom. The van der Waals surface area contributed by atoms with Crippen LogP contribution in [0.1, 0.15) is 19.4 Å². The normalized spacial score (nSPS) is 17.4. The lowest BCUT2D eigenvalue weighted by Crippen LogP contribution is -2.24. The van der Waals surface area contributed by atoms with E-state index < -0.39 is 0 Å². The van der Waals surface area contributed by atoms with E-state index >= 15 is 0 Å². The molecule has 3 heteroatoms. The van der Waals surface area contributed by atoms with Crippen molar-refractivity contribution in [3.63, 3.8) is 0 Å². The largest absolute Gasteiger partial charge is 0.496 e.